The van der Waals surface area contributed by atoms with Crippen molar-refractivity contribution in [1.82, 2.24) is 14.5 Å². The predicted molar refractivity (Wildman–Crippen MR) is 106 cm³/mol. The molecular formula is C22H16N4O3. The number of nitrogens with zero attached hydrogens (tertiary/aromatic N) is 4. The minimum absolute atomic E-state index is 0.203. The van der Waals surface area contributed by atoms with Crippen molar-refractivity contribution < 1.29 is 13.7 Å². The van der Waals surface area contributed by atoms with E-state index < -0.39 is 0 Å². The van der Waals surface area contributed by atoms with Crippen LogP contribution in [0.15, 0.2) is 94.3 Å². The first-order valence-corrected chi connectivity index (χ1v) is 9.08. The van der Waals surface area contributed by atoms with Gasteiger partial charge >= 0.3 is 0 Å². The van der Waals surface area contributed by atoms with Gasteiger partial charge in [-0.2, -0.15) is 0 Å². The van der Waals surface area contributed by atoms with Crippen LogP contribution in [0.1, 0.15) is 16.2 Å². The highest BCUT2D eigenvalue weighted by atomic mass is 16.5. The van der Waals surface area contributed by atoms with Gasteiger partial charge in [0.2, 0.25) is 5.76 Å². The van der Waals surface area contributed by atoms with Gasteiger partial charge in [-0.3, -0.25) is 4.79 Å². The summed E-state index contributed by atoms with van der Waals surface area (Å²) in [5.74, 6) is 0.648. The number of hydrogen-bond acceptors (Lipinski definition) is 5. The highest BCUT2D eigenvalue weighted by molar-refractivity contribution is 6.05. The van der Waals surface area contributed by atoms with E-state index in [0.29, 0.717) is 18.1 Å². The highest BCUT2D eigenvalue weighted by Crippen LogP contribution is 2.24. The molecule has 5 aromatic rings. The molecule has 0 unspecified atom stereocenters. The van der Waals surface area contributed by atoms with Gasteiger partial charge in [0, 0.05) is 18.0 Å². The first-order chi connectivity index (χ1) is 14.3. The molecule has 29 heavy (non-hydrogen) atoms. The van der Waals surface area contributed by atoms with Crippen LogP contribution in [-0.2, 0) is 6.54 Å². The number of benzene rings is 1. The van der Waals surface area contributed by atoms with E-state index in [9.17, 15) is 4.79 Å². The molecule has 0 saturated heterocycles. The van der Waals surface area contributed by atoms with Crippen LogP contribution in [0.2, 0.25) is 0 Å². The molecule has 1 amide bonds. The van der Waals surface area contributed by atoms with Gasteiger partial charge in [-0.1, -0.05) is 29.4 Å². The lowest BCUT2D eigenvalue weighted by atomic mass is 10.2. The van der Waals surface area contributed by atoms with Crippen molar-refractivity contribution in [3.63, 3.8) is 0 Å². The van der Waals surface area contributed by atoms with E-state index in [0.717, 1.165) is 17.0 Å². The Hall–Kier alpha value is -4.13. The van der Waals surface area contributed by atoms with Crippen LogP contribution in [0.25, 0.3) is 17.2 Å². The summed E-state index contributed by atoms with van der Waals surface area (Å²) in [6.07, 6.45) is 5.24. The van der Waals surface area contributed by atoms with Crippen LogP contribution >= 0.6 is 0 Å². The molecule has 0 aliphatic heterocycles. The molecule has 0 fully saturated rings. The van der Waals surface area contributed by atoms with E-state index >= 15 is 0 Å². The Balaban J connectivity index is 1.51. The van der Waals surface area contributed by atoms with Gasteiger partial charge in [0.05, 0.1) is 24.7 Å². The van der Waals surface area contributed by atoms with E-state index in [1.165, 1.54) is 0 Å². The lowest BCUT2D eigenvalue weighted by molar-refractivity contribution is 0.0976. The van der Waals surface area contributed by atoms with Gasteiger partial charge < -0.3 is 18.2 Å². The Morgan fingerprint density at radius 3 is 2.69 bits per heavy atom. The lowest BCUT2D eigenvalue weighted by Gasteiger charge is -2.21. The summed E-state index contributed by atoms with van der Waals surface area (Å²) in [6.45, 7) is 0.330. The third-order valence-electron chi connectivity index (χ3n) is 4.62. The third-order valence-corrected chi connectivity index (χ3v) is 4.62. The van der Waals surface area contributed by atoms with Gasteiger partial charge in [0.15, 0.2) is 11.5 Å². The normalized spacial score (nSPS) is 11.0. The molecule has 0 radical (unpaired) electrons. The van der Waals surface area contributed by atoms with Crippen molar-refractivity contribution in [3.8, 4) is 11.5 Å². The summed E-state index contributed by atoms with van der Waals surface area (Å²) in [5, 5.41) is 3.96. The standard InChI is InChI=1S/C22H16N4O3/c27-22(18-13-20(29-24-18)19-9-6-12-28-19)26(16-7-2-1-3-8-16)15-17-14-23-21-10-4-5-11-25(17)21/h1-14H,15H2. The van der Waals surface area contributed by atoms with Gasteiger partial charge in [-0.05, 0) is 36.4 Å². The molecule has 4 heterocycles. The van der Waals surface area contributed by atoms with Crippen LogP contribution in [-0.4, -0.2) is 20.4 Å². The van der Waals surface area contributed by atoms with Crippen LogP contribution in [0, 0.1) is 0 Å². The fourth-order valence-corrected chi connectivity index (χ4v) is 3.20. The first kappa shape index (κ1) is 17.0. The summed E-state index contributed by atoms with van der Waals surface area (Å²) >= 11 is 0. The maximum absolute atomic E-state index is 13.3. The molecular weight excluding hydrogens is 368 g/mol. The molecule has 1 aromatic carbocycles. The Kier molecular flexibility index (Phi) is 4.18. The van der Waals surface area contributed by atoms with E-state index in [1.807, 2.05) is 59.1 Å². The molecule has 7 heteroatoms. The second-order valence-electron chi connectivity index (χ2n) is 6.46. The number of furan rings is 1. The zero-order valence-electron chi connectivity index (χ0n) is 15.3. The Morgan fingerprint density at radius 1 is 1.00 bits per heavy atom. The van der Waals surface area contributed by atoms with Crippen molar-refractivity contribution in [2.45, 2.75) is 6.54 Å². The Labute approximate surface area is 165 Å². The molecule has 142 valence electrons. The number of carbonyl (C=O) groups excluding carboxylic acids is 1. The molecule has 0 spiro atoms. The summed E-state index contributed by atoms with van der Waals surface area (Å²) < 4.78 is 12.6. The maximum atomic E-state index is 13.3. The van der Waals surface area contributed by atoms with Crippen molar-refractivity contribution in [2.24, 2.45) is 0 Å². The highest BCUT2D eigenvalue weighted by Gasteiger charge is 2.24. The van der Waals surface area contributed by atoms with Crippen molar-refractivity contribution in [1.29, 1.82) is 0 Å². The lowest BCUT2D eigenvalue weighted by Crippen LogP contribution is -2.31. The van der Waals surface area contributed by atoms with Gasteiger partial charge in [0.1, 0.15) is 5.65 Å². The number of fused-ring (bicyclic) bond motifs is 1. The molecule has 0 N–H and O–H groups in total. The smallest absolute Gasteiger partial charge is 0.280 e. The molecule has 0 saturated carbocycles. The number of rotatable bonds is 5. The van der Waals surface area contributed by atoms with Crippen molar-refractivity contribution >= 4 is 17.2 Å². The molecule has 5 rings (SSSR count). The van der Waals surface area contributed by atoms with Crippen LogP contribution < -0.4 is 4.90 Å². The van der Waals surface area contributed by atoms with E-state index in [2.05, 4.69) is 10.1 Å². The zero-order chi connectivity index (χ0) is 19.6. The summed E-state index contributed by atoms with van der Waals surface area (Å²) in [4.78, 5) is 19.4. The van der Waals surface area contributed by atoms with E-state index in [-0.39, 0.29) is 11.6 Å². The first-order valence-electron chi connectivity index (χ1n) is 9.08. The average molecular weight is 384 g/mol. The Morgan fingerprint density at radius 2 is 1.86 bits per heavy atom. The van der Waals surface area contributed by atoms with Crippen molar-refractivity contribution in [3.05, 3.63) is 96.8 Å². The minimum Gasteiger partial charge on any atom is -0.461 e. The predicted octanol–water partition coefficient (Wildman–Crippen LogP) is 4.43. The molecule has 0 aliphatic rings. The minimum atomic E-state index is -0.274. The number of carbonyl (C=O) groups is 1. The number of para-hydroxylation sites is 1. The van der Waals surface area contributed by atoms with Crippen LogP contribution in [0.4, 0.5) is 5.69 Å². The second-order valence-corrected chi connectivity index (χ2v) is 6.46. The fraction of sp³-hybridized carbons (Fsp3) is 0.0455. The molecule has 0 atom stereocenters. The summed E-state index contributed by atoms with van der Waals surface area (Å²) in [5.41, 5.74) is 2.66. The topological polar surface area (TPSA) is 76.8 Å². The van der Waals surface area contributed by atoms with E-state index in [1.54, 1.807) is 35.6 Å². The average Bonchev–Trinajstić information content (AvgIpc) is 3.53. The molecule has 4 aromatic heterocycles. The van der Waals surface area contributed by atoms with Gasteiger partial charge in [-0.15, -0.1) is 0 Å². The largest absolute Gasteiger partial charge is 0.461 e. The number of anilines is 1. The number of aromatic nitrogens is 3. The summed E-state index contributed by atoms with van der Waals surface area (Å²) in [7, 11) is 0. The van der Waals surface area contributed by atoms with Gasteiger partial charge in [0.25, 0.3) is 5.91 Å². The maximum Gasteiger partial charge on any atom is 0.280 e. The van der Waals surface area contributed by atoms with Crippen LogP contribution in [0.3, 0.4) is 0 Å². The SMILES string of the molecule is O=C(c1cc(-c2ccco2)on1)N(Cc1cnc2ccccn12)c1ccccc1. The monoisotopic (exact) mass is 384 g/mol. The quantitative estimate of drug-likeness (QED) is 0.448. The fourth-order valence-electron chi connectivity index (χ4n) is 3.20. The van der Waals surface area contributed by atoms with E-state index in [4.69, 9.17) is 8.94 Å². The number of imidazole rings is 1. The number of amides is 1. The van der Waals surface area contributed by atoms with Crippen LogP contribution in [0.5, 0.6) is 0 Å². The second kappa shape index (κ2) is 7.12. The van der Waals surface area contributed by atoms with Crippen molar-refractivity contribution in [2.75, 3.05) is 4.90 Å². The molecule has 0 bridgehead atoms. The molecule has 7 nitrogen and oxygen atoms in total. The Bertz CT molecular complexity index is 1260. The third kappa shape index (κ3) is 3.19. The number of pyridine rings is 1. The molecule has 0 aliphatic carbocycles. The zero-order valence-corrected chi connectivity index (χ0v) is 15.3. The number of hydrogen-bond donors (Lipinski definition) is 0. The summed E-state index contributed by atoms with van der Waals surface area (Å²) in [6, 6.07) is 20.3. The van der Waals surface area contributed by atoms with Gasteiger partial charge in [-0.25, -0.2) is 4.98 Å².